The van der Waals surface area contributed by atoms with Gasteiger partial charge in [-0.2, -0.15) is 5.10 Å². The molecule has 0 aliphatic carbocycles. The Morgan fingerprint density at radius 3 is 2.38 bits per heavy atom. The summed E-state index contributed by atoms with van der Waals surface area (Å²) < 4.78 is 10.7. The Morgan fingerprint density at radius 2 is 1.79 bits per heavy atom. The van der Waals surface area contributed by atoms with Gasteiger partial charge in [-0.1, -0.05) is 30.3 Å². The number of benzene rings is 2. The van der Waals surface area contributed by atoms with Gasteiger partial charge in [0.05, 0.1) is 12.3 Å². The van der Waals surface area contributed by atoms with Crippen molar-refractivity contribution in [3.05, 3.63) is 65.7 Å². The van der Waals surface area contributed by atoms with Gasteiger partial charge in [0, 0.05) is 7.11 Å². The van der Waals surface area contributed by atoms with Crippen molar-refractivity contribution in [2.75, 3.05) is 13.7 Å². The third-order valence-electron chi connectivity index (χ3n) is 3.49. The maximum absolute atomic E-state index is 12.3. The molecule has 5 nitrogen and oxygen atoms in total. The molecule has 0 saturated heterocycles. The molecule has 0 aromatic heterocycles. The second-order valence-electron chi connectivity index (χ2n) is 5.16. The number of nitrogens with one attached hydrogen (secondary N) is 1. The SMILES string of the molecule is CCOc1ccc(/C(C)=N\NC(=O)[C@@H](OC)c2ccccc2)cc1. The Balaban J connectivity index is 2.04. The second kappa shape index (κ2) is 8.84. The molecular formula is C19H22N2O3. The molecular weight excluding hydrogens is 304 g/mol. The maximum Gasteiger partial charge on any atom is 0.273 e. The molecule has 1 atom stereocenters. The average Bonchev–Trinajstić information content (AvgIpc) is 2.62. The van der Waals surface area contributed by atoms with E-state index in [9.17, 15) is 4.79 Å². The smallest absolute Gasteiger partial charge is 0.273 e. The standard InChI is InChI=1S/C19H22N2O3/c1-4-24-17-12-10-15(11-13-17)14(2)20-21-19(22)18(23-3)16-8-6-5-7-9-16/h5-13,18H,4H2,1-3H3,(H,21,22)/b20-14-/t18-/m0/s1. The first-order chi connectivity index (χ1) is 11.7. The molecule has 2 aromatic rings. The van der Waals surface area contributed by atoms with Crippen LogP contribution in [0.15, 0.2) is 59.7 Å². The number of carbonyl (C=O) groups is 1. The van der Waals surface area contributed by atoms with Gasteiger partial charge in [0.2, 0.25) is 0 Å². The predicted octanol–water partition coefficient (Wildman–Crippen LogP) is 3.31. The highest BCUT2D eigenvalue weighted by Gasteiger charge is 2.19. The number of hydrazone groups is 1. The first kappa shape index (κ1) is 17.7. The van der Waals surface area contributed by atoms with E-state index in [1.165, 1.54) is 7.11 Å². The van der Waals surface area contributed by atoms with Crippen molar-refractivity contribution < 1.29 is 14.3 Å². The molecule has 0 bridgehead atoms. The van der Waals surface area contributed by atoms with Gasteiger partial charge >= 0.3 is 0 Å². The normalized spacial score (nSPS) is 12.5. The molecule has 0 aliphatic heterocycles. The minimum atomic E-state index is -0.692. The molecule has 5 heteroatoms. The van der Waals surface area contributed by atoms with Crippen LogP contribution in [0.5, 0.6) is 5.75 Å². The number of rotatable bonds is 7. The lowest BCUT2D eigenvalue weighted by molar-refractivity contribution is -0.131. The van der Waals surface area contributed by atoms with Crippen LogP contribution in [-0.4, -0.2) is 25.3 Å². The molecule has 0 heterocycles. The third-order valence-corrected chi connectivity index (χ3v) is 3.49. The lowest BCUT2D eigenvalue weighted by Crippen LogP contribution is -2.27. The van der Waals surface area contributed by atoms with Gasteiger partial charge in [-0.25, -0.2) is 5.43 Å². The Morgan fingerprint density at radius 1 is 1.12 bits per heavy atom. The van der Waals surface area contributed by atoms with Crippen molar-refractivity contribution >= 4 is 11.6 Å². The molecule has 0 unspecified atom stereocenters. The number of amides is 1. The quantitative estimate of drug-likeness (QED) is 0.627. The highest BCUT2D eigenvalue weighted by Crippen LogP contribution is 2.16. The van der Waals surface area contributed by atoms with E-state index in [4.69, 9.17) is 9.47 Å². The minimum Gasteiger partial charge on any atom is -0.494 e. The van der Waals surface area contributed by atoms with Gasteiger partial charge in [-0.05, 0) is 49.2 Å². The molecule has 0 spiro atoms. The molecule has 2 aromatic carbocycles. The number of methoxy groups -OCH3 is 1. The molecule has 1 N–H and O–H groups in total. The number of nitrogens with zero attached hydrogens (tertiary/aromatic N) is 1. The summed E-state index contributed by atoms with van der Waals surface area (Å²) in [6.07, 6.45) is -0.692. The number of hydrogen-bond donors (Lipinski definition) is 1. The van der Waals surface area contributed by atoms with Crippen molar-refractivity contribution in [3.63, 3.8) is 0 Å². The minimum absolute atomic E-state index is 0.311. The monoisotopic (exact) mass is 326 g/mol. The first-order valence-electron chi connectivity index (χ1n) is 7.80. The Bertz CT molecular complexity index is 682. The summed E-state index contributed by atoms with van der Waals surface area (Å²) in [6.45, 7) is 4.40. The summed E-state index contributed by atoms with van der Waals surface area (Å²) in [6, 6.07) is 16.9. The van der Waals surface area contributed by atoms with Gasteiger partial charge in [-0.15, -0.1) is 0 Å². The number of ether oxygens (including phenoxy) is 2. The summed E-state index contributed by atoms with van der Waals surface area (Å²) in [5, 5.41) is 4.16. The lowest BCUT2D eigenvalue weighted by atomic mass is 10.1. The van der Waals surface area contributed by atoms with E-state index < -0.39 is 6.10 Å². The lowest BCUT2D eigenvalue weighted by Gasteiger charge is -2.14. The third kappa shape index (κ3) is 4.67. The number of hydrogen-bond acceptors (Lipinski definition) is 4. The summed E-state index contributed by atoms with van der Waals surface area (Å²) in [5.74, 6) is 0.496. The van der Waals surface area contributed by atoms with Crippen LogP contribution in [0, 0.1) is 0 Å². The Labute approximate surface area is 142 Å². The number of carbonyl (C=O) groups excluding carboxylic acids is 1. The van der Waals surface area contributed by atoms with E-state index in [0.29, 0.717) is 12.3 Å². The summed E-state index contributed by atoms with van der Waals surface area (Å²) in [5.41, 5.74) is 4.96. The van der Waals surface area contributed by atoms with Gasteiger partial charge in [0.25, 0.3) is 5.91 Å². The van der Waals surface area contributed by atoms with Crippen LogP contribution >= 0.6 is 0 Å². The summed E-state index contributed by atoms with van der Waals surface area (Å²) in [4.78, 5) is 12.3. The van der Waals surface area contributed by atoms with Crippen molar-refractivity contribution in [1.82, 2.24) is 5.43 Å². The van der Waals surface area contributed by atoms with Gasteiger partial charge in [0.1, 0.15) is 5.75 Å². The van der Waals surface area contributed by atoms with E-state index in [1.807, 2.05) is 68.4 Å². The van der Waals surface area contributed by atoms with Crippen LogP contribution in [0.3, 0.4) is 0 Å². The van der Waals surface area contributed by atoms with Gasteiger partial charge in [0.15, 0.2) is 6.10 Å². The van der Waals surface area contributed by atoms with E-state index >= 15 is 0 Å². The van der Waals surface area contributed by atoms with E-state index in [0.717, 1.165) is 16.9 Å². The topological polar surface area (TPSA) is 59.9 Å². The average molecular weight is 326 g/mol. The fourth-order valence-electron chi connectivity index (χ4n) is 2.24. The van der Waals surface area contributed by atoms with Crippen LogP contribution in [0.1, 0.15) is 31.1 Å². The first-order valence-corrected chi connectivity index (χ1v) is 7.80. The van der Waals surface area contributed by atoms with Gasteiger partial charge < -0.3 is 9.47 Å². The highest BCUT2D eigenvalue weighted by atomic mass is 16.5. The van der Waals surface area contributed by atoms with Crippen LogP contribution in [0.25, 0.3) is 0 Å². The van der Waals surface area contributed by atoms with E-state index in [2.05, 4.69) is 10.5 Å². The molecule has 126 valence electrons. The zero-order valence-corrected chi connectivity index (χ0v) is 14.2. The molecule has 0 aliphatic rings. The molecule has 1 amide bonds. The predicted molar refractivity (Wildman–Crippen MR) is 94.2 cm³/mol. The fourth-order valence-corrected chi connectivity index (χ4v) is 2.24. The van der Waals surface area contributed by atoms with Crippen molar-refractivity contribution in [2.24, 2.45) is 5.10 Å². The van der Waals surface area contributed by atoms with E-state index in [1.54, 1.807) is 0 Å². The van der Waals surface area contributed by atoms with Crippen LogP contribution < -0.4 is 10.2 Å². The molecule has 0 radical (unpaired) electrons. The van der Waals surface area contributed by atoms with Crippen molar-refractivity contribution in [1.29, 1.82) is 0 Å². The molecule has 2 rings (SSSR count). The van der Waals surface area contributed by atoms with Crippen molar-refractivity contribution in [3.8, 4) is 5.75 Å². The van der Waals surface area contributed by atoms with Crippen LogP contribution in [0.2, 0.25) is 0 Å². The zero-order valence-electron chi connectivity index (χ0n) is 14.2. The highest BCUT2D eigenvalue weighted by molar-refractivity contribution is 5.99. The van der Waals surface area contributed by atoms with Crippen molar-refractivity contribution in [2.45, 2.75) is 20.0 Å². The molecule has 0 saturated carbocycles. The van der Waals surface area contributed by atoms with Gasteiger partial charge in [-0.3, -0.25) is 4.79 Å². The summed E-state index contributed by atoms with van der Waals surface area (Å²) in [7, 11) is 1.50. The second-order valence-corrected chi connectivity index (χ2v) is 5.16. The summed E-state index contributed by atoms with van der Waals surface area (Å²) >= 11 is 0. The maximum atomic E-state index is 12.3. The largest absolute Gasteiger partial charge is 0.494 e. The van der Waals surface area contributed by atoms with Crippen LogP contribution in [-0.2, 0) is 9.53 Å². The Hall–Kier alpha value is -2.66. The molecule has 24 heavy (non-hydrogen) atoms. The zero-order chi connectivity index (χ0) is 17.4. The fraction of sp³-hybridized carbons (Fsp3) is 0.263. The van der Waals surface area contributed by atoms with Crippen LogP contribution in [0.4, 0.5) is 0 Å². The molecule has 0 fully saturated rings. The Kier molecular flexibility index (Phi) is 6.51. The van der Waals surface area contributed by atoms with E-state index in [-0.39, 0.29) is 5.91 Å².